The van der Waals surface area contributed by atoms with Gasteiger partial charge in [-0.1, -0.05) is 0 Å². The second kappa shape index (κ2) is 4.29. The standard InChI is InChI=1S/C9H5ClF4O2/c1-16-4-2-5(11)7(6(12)3-4)8(15)9(10,13)14/h2-3H,1H3. The van der Waals surface area contributed by atoms with Crippen LogP contribution in [0.4, 0.5) is 17.6 Å². The molecule has 1 aromatic carbocycles. The Balaban J connectivity index is 3.31. The molecule has 0 aromatic heterocycles. The van der Waals surface area contributed by atoms with Gasteiger partial charge in [-0.3, -0.25) is 4.79 Å². The number of halogens is 5. The number of ketones is 1. The topological polar surface area (TPSA) is 26.3 Å². The zero-order valence-electron chi connectivity index (χ0n) is 7.86. The number of methoxy groups -OCH3 is 1. The summed E-state index contributed by atoms with van der Waals surface area (Å²) in [5.74, 6) is -5.28. The maximum atomic E-state index is 13.1. The van der Waals surface area contributed by atoms with Crippen molar-refractivity contribution in [1.82, 2.24) is 0 Å². The highest BCUT2D eigenvalue weighted by Gasteiger charge is 2.40. The molecule has 0 bridgehead atoms. The second-order valence-electron chi connectivity index (χ2n) is 2.79. The molecule has 0 unspecified atom stereocenters. The molecule has 0 spiro atoms. The van der Waals surface area contributed by atoms with E-state index >= 15 is 0 Å². The molecule has 1 rings (SSSR count). The van der Waals surface area contributed by atoms with Gasteiger partial charge in [0, 0.05) is 12.1 Å². The van der Waals surface area contributed by atoms with Crippen molar-refractivity contribution in [2.45, 2.75) is 5.38 Å². The van der Waals surface area contributed by atoms with Gasteiger partial charge in [0.2, 0.25) is 0 Å². The van der Waals surface area contributed by atoms with Crippen LogP contribution in [-0.4, -0.2) is 18.3 Å². The van der Waals surface area contributed by atoms with Gasteiger partial charge in [-0.05, 0) is 11.6 Å². The van der Waals surface area contributed by atoms with Crippen LogP contribution >= 0.6 is 11.6 Å². The number of carbonyl (C=O) groups is 1. The third-order valence-corrected chi connectivity index (χ3v) is 1.91. The molecule has 7 heteroatoms. The zero-order valence-corrected chi connectivity index (χ0v) is 8.62. The third kappa shape index (κ3) is 2.44. The third-order valence-electron chi connectivity index (χ3n) is 1.74. The first-order valence-electron chi connectivity index (χ1n) is 3.92. The number of ether oxygens (including phenoxy) is 1. The van der Waals surface area contributed by atoms with Crippen LogP contribution in [0.3, 0.4) is 0 Å². The van der Waals surface area contributed by atoms with Gasteiger partial charge in [-0.15, -0.1) is 0 Å². The van der Waals surface area contributed by atoms with Crippen molar-refractivity contribution in [2.24, 2.45) is 0 Å². The van der Waals surface area contributed by atoms with Gasteiger partial charge < -0.3 is 4.74 Å². The highest BCUT2D eigenvalue weighted by molar-refractivity contribution is 6.35. The maximum Gasteiger partial charge on any atom is 0.385 e. The van der Waals surface area contributed by atoms with E-state index in [4.69, 9.17) is 0 Å². The Morgan fingerprint density at radius 3 is 2.06 bits per heavy atom. The van der Waals surface area contributed by atoms with E-state index in [1.165, 1.54) is 0 Å². The molecule has 16 heavy (non-hydrogen) atoms. The number of carbonyl (C=O) groups excluding carboxylic acids is 1. The number of Topliss-reactive ketones (excluding diaryl/α,β-unsaturated/α-hetero) is 1. The number of benzene rings is 1. The largest absolute Gasteiger partial charge is 0.497 e. The summed E-state index contributed by atoms with van der Waals surface area (Å²) in [5, 5.41) is -4.35. The fraction of sp³-hybridized carbons (Fsp3) is 0.222. The molecule has 1 aromatic rings. The van der Waals surface area contributed by atoms with Crippen molar-refractivity contribution in [3.63, 3.8) is 0 Å². The van der Waals surface area contributed by atoms with Gasteiger partial charge in [-0.25, -0.2) is 8.78 Å². The minimum atomic E-state index is -4.35. The molecule has 0 N–H and O–H groups in total. The Hall–Kier alpha value is -1.30. The first-order chi connectivity index (χ1) is 7.27. The molecular formula is C9H5ClF4O2. The zero-order chi connectivity index (χ0) is 12.5. The molecule has 0 saturated carbocycles. The van der Waals surface area contributed by atoms with Gasteiger partial charge in [0.25, 0.3) is 5.78 Å². The SMILES string of the molecule is COc1cc(F)c(C(=O)C(F)(F)Cl)c(F)c1. The van der Waals surface area contributed by atoms with Crippen LogP contribution in [-0.2, 0) is 0 Å². The van der Waals surface area contributed by atoms with E-state index < -0.39 is 28.4 Å². The predicted molar refractivity (Wildman–Crippen MR) is 48.0 cm³/mol. The van der Waals surface area contributed by atoms with Gasteiger partial charge in [0.15, 0.2) is 0 Å². The van der Waals surface area contributed by atoms with Crippen LogP contribution in [0.15, 0.2) is 12.1 Å². The van der Waals surface area contributed by atoms with Crippen LogP contribution in [0, 0.1) is 11.6 Å². The Kier molecular flexibility index (Phi) is 3.42. The van der Waals surface area contributed by atoms with Crippen molar-refractivity contribution >= 4 is 17.4 Å². The molecule has 0 radical (unpaired) electrons. The lowest BCUT2D eigenvalue weighted by Crippen LogP contribution is -2.24. The summed E-state index contributed by atoms with van der Waals surface area (Å²) in [7, 11) is 1.13. The molecule has 0 saturated heterocycles. The molecule has 0 fully saturated rings. The second-order valence-corrected chi connectivity index (χ2v) is 3.27. The van der Waals surface area contributed by atoms with Gasteiger partial charge in [-0.2, -0.15) is 8.78 Å². The fourth-order valence-electron chi connectivity index (χ4n) is 1.03. The van der Waals surface area contributed by atoms with Crippen molar-refractivity contribution in [2.75, 3.05) is 7.11 Å². The molecule has 0 atom stereocenters. The average molecular weight is 257 g/mol. The molecule has 0 heterocycles. The maximum absolute atomic E-state index is 13.1. The van der Waals surface area contributed by atoms with E-state index in [0.29, 0.717) is 12.1 Å². The van der Waals surface area contributed by atoms with Crippen LogP contribution in [0.2, 0.25) is 0 Å². The molecule has 0 aliphatic rings. The Morgan fingerprint density at radius 1 is 1.31 bits per heavy atom. The smallest absolute Gasteiger partial charge is 0.385 e. The highest BCUT2D eigenvalue weighted by Crippen LogP contribution is 2.29. The Labute approximate surface area is 92.8 Å². The minimum absolute atomic E-state index is 0.232. The number of hydrogen-bond acceptors (Lipinski definition) is 2. The Bertz CT molecular complexity index is 405. The molecule has 0 aliphatic heterocycles. The summed E-state index contributed by atoms with van der Waals surface area (Å²) < 4.78 is 55.6. The van der Waals surface area contributed by atoms with E-state index in [9.17, 15) is 22.4 Å². The van der Waals surface area contributed by atoms with E-state index in [0.717, 1.165) is 7.11 Å². The summed E-state index contributed by atoms with van der Waals surface area (Å²) in [6.45, 7) is 0. The van der Waals surface area contributed by atoms with E-state index in [1.807, 2.05) is 0 Å². The predicted octanol–water partition coefficient (Wildman–Crippen LogP) is 2.99. The first kappa shape index (κ1) is 12.8. The van der Waals surface area contributed by atoms with Crippen LogP contribution in [0.25, 0.3) is 0 Å². The monoisotopic (exact) mass is 256 g/mol. The normalized spacial score (nSPS) is 11.4. The van der Waals surface area contributed by atoms with Crippen molar-refractivity contribution in [1.29, 1.82) is 0 Å². The van der Waals surface area contributed by atoms with Crippen LogP contribution in [0.1, 0.15) is 10.4 Å². The van der Waals surface area contributed by atoms with Gasteiger partial charge in [0.1, 0.15) is 17.4 Å². The molecule has 0 aliphatic carbocycles. The molecule has 0 amide bonds. The van der Waals surface area contributed by atoms with Gasteiger partial charge in [0.05, 0.1) is 12.7 Å². The summed E-state index contributed by atoms with van der Waals surface area (Å²) >= 11 is 4.39. The number of hydrogen-bond donors (Lipinski definition) is 0. The van der Waals surface area contributed by atoms with E-state index in [-0.39, 0.29) is 5.75 Å². The van der Waals surface area contributed by atoms with Crippen LogP contribution in [0.5, 0.6) is 5.75 Å². The lowest BCUT2D eigenvalue weighted by molar-refractivity contribution is 0.0526. The summed E-state index contributed by atoms with van der Waals surface area (Å²) in [6.07, 6.45) is 0. The summed E-state index contributed by atoms with van der Waals surface area (Å²) in [4.78, 5) is 10.9. The van der Waals surface area contributed by atoms with E-state index in [1.54, 1.807) is 0 Å². The van der Waals surface area contributed by atoms with Crippen LogP contribution < -0.4 is 4.74 Å². The van der Waals surface area contributed by atoms with Crippen molar-refractivity contribution in [3.05, 3.63) is 29.3 Å². The summed E-state index contributed by atoms with van der Waals surface area (Å²) in [5.41, 5.74) is -1.39. The first-order valence-corrected chi connectivity index (χ1v) is 4.29. The van der Waals surface area contributed by atoms with Gasteiger partial charge >= 0.3 is 5.38 Å². The molecular weight excluding hydrogens is 252 g/mol. The lowest BCUT2D eigenvalue weighted by atomic mass is 10.1. The molecule has 88 valence electrons. The van der Waals surface area contributed by atoms with Crippen molar-refractivity contribution in [3.8, 4) is 5.75 Å². The highest BCUT2D eigenvalue weighted by atomic mass is 35.5. The van der Waals surface area contributed by atoms with Crippen molar-refractivity contribution < 1.29 is 27.1 Å². The van der Waals surface area contributed by atoms with E-state index in [2.05, 4.69) is 16.3 Å². The average Bonchev–Trinajstić information content (AvgIpc) is 2.14. The lowest BCUT2D eigenvalue weighted by Gasteiger charge is -2.09. The number of rotatable bonds is 3. The Morgan fingerprint density at radius 2 is 1.75 bits per heavy atom. The number of alkyl halides is 3. The fourth-order valence-corrected chi connectivity index (χ4v) is 1.12. The quantitative estimate of drug-likeness (QED) is 0.472. The summed E-state index contributed by atoms with van der Waals surface area (Å²) in [6, 6.07) is 1.22. The minimum Gasteiger partial charge on any atom is -0.497 e. The molecule has 2 nitrogen and oxygen atoms in total.